The largest absolute Gasteiger partial charge is 0.297 e. The number of hydrogen-bond acceptors (Lipinski definition) is 1. The normalized spacial score (nSPS) is 18.9. The lowest BCUT2D eigenvalue weighted by Gasteiger charge is -2.38. The Morgan fingerprint density at radius 1 is 1.12 bits per heavy atom. The van der Waals surface area contributed by atoms with Crippen LogP contribution < -0.4 is 5.32 Å². The molecule has 1 N–H and O–H groups in total. The number of rotatable bonds is 3. The highest BCUT2D eigenvalue weighted by molar-refractivity contribution is 5.25. The van der Waals surface area contributed by atoms with E-state index in [4.69, 9.17) is 6.42 Å². The molecule has 1 heteroatoms. The summed E-state index contributed by atoms with van der Waals surface area (Å²) in [4.78, 5) is 0. The molecule has 1 saturated carbocycles. The van der Waals surface area contributed by atoms with E-state index in [2.05, 4.69) is 41.6 Å². The van der Waals surface area contributed by atoms with Crippen LogP contribution in [0.2, 0.25) is 0 Å². The Morgan fingerprint density at radius 3 is 2.44 bits per heavy atom. The van der Waals surface area contributed by atoms with E-state index in [1.165, 1.54) is 37.7 Å². The second-order valence-corrected chi connectivity index (χ2v) is 4.57. The lowest BCUT2D eigenvalue weighted by molar-refractivity contribution is 0.243. The fourth-order valence-electron chi connectivity index (χ4n) is 2.70. The van der Waals surface area contributed by atoms with E-state index in [-0.39, 0.29) is 5.54 Å². The van der Waals surface area contributed by atoms with Crippen LogP contribution in [0.15, 0.2) is 30.3 Å². The molecule has 2 rings (SSSR count). The monoisotopic (exact) mass is 213 g/mol. The molecule has 0 heterocycles. The van der Waals surface area contributed by atoms with Crippen LogP contribution in [0.4, 0.5) is 0 Å². The Labute approximate surface area is 98.3 Å². The third-order valence-corrected chi connectivity index (χ3v) is 3.56. The van der Waals surface area contributed by atoms with Crippen molar-refractivity contribution in [1.82, 2.24) is 5.32 Å². The molecule has 0 atom stereocenters. The van der Waals surface area contributed by atoms with Crippen molar-refractivity contribution in [1.29, 1.82) is 0 Å². The summed E-state index contributed by atoms with van der Waals surface area (Å²) in [5.74, 6) is 2.70. The smallest absolute Gasteiger partial charge is 0.0580 e. The van der Waals surface area contributed by atoms with Crippen molar-refractivity contribution >= 4 is 0 Å². The van der Waals surface area contributed by atoms with Gasteiger partial charge in [0.15, 0.2) is 0 Å². The lowest BCUT2D eigenvalue weighted by Crippen LogP contribution is -2.44. The molecule has 1 aromatic carbocycles. The molecule has 0 unspecified atom stereocenters. The van der Waals surface area contributed by atoms with Crippen molar-refractivity contribution in [3.63, 3.8) is 0 Å². The summed E-state index contributed by atoms with van der Waals surface area (Å²) in [5.41, 5.74) is 1.52. The van der Waals surface area contributed by atoms with E-state index >= 15 is 0 Å². The molecule has 1 aliphatic rings. The maximum atomic E-state index is 5.37. The molecule has 0 amide bonds. The number of hydrogen-bond donors (Lipinski definition) is 1. The topological polar surface area (TPSA) is 12.0 Å². The molecule has 0 spiro atoms. The first-order valence-corrected chi connectivity index (χ1v) is 6.11. The molecule has 0 aliphatic heterocycles. The molecule has 0 radical (unpaired) electrons. The summed E-state index contributed by atoms with van der Waals surface area (Å²) in [6.45, 7) is 0.662. The highest BCUT2D eigenvalue weighted by Gasteiger charge is 2.32. The van der Waals surface area contributed by atoms with Gasteiger partial charge < -0.3 is 0 Å². The minimum Gasteiger partial charge on any atom is -0.297 e. The predicted octanol–water partition coefficient (Wildman–Crippen LogP) is 3.07. The summed E-state index contributed by atoms with van der Waals surface area (Å²) < 4.78 is 0. The van der Waals surface area contributed by atoms with Gasteiger partial charge in [0.05, 0.1) is 6.54 Å². The van der Waals surface area contributed by atoms with Crippen molar-refractivity contribution < 1.29 is 0 Å². The molecule has 1 aliphatic carbocycles. The van der Waals surface area contributed by atoms with Gasteiger partial charge in [-0.15, -0.1) is 6.42 Å². The summed E-state index contributed by atoms with van der Waals surface area (Å²) in [7, 11) is 0. The molecule has 0 aromatic heterocycles. The Morgan fingerprint density at radius 2 is 1.81 bits per heavy atom. The number of nitrogens with one attached hydrogen (secondary N) is 1. The van der Waals surface area contributed by atoms with Crippen molar-refractivity contribution in [2.45, 2.75) is 37.6 Å². The second kappa shape index (κ2) is 5.18. The van der Waals surface area contributed by atoms with Crippen molar-refractivity contribution in [3.05, 3.63) is 35.9 Å². The van der Waals surface area contributed by atoms with Crippen LogP contribution in [0.5, 0.6) is 0 Å². The van der Waals surface area contributed by atoms with Gasteiger partial charge in [0.1, 0.15) is 0 Å². The Bertz CT molecular complexity index is 355. The zero-order valence-electron chi connectivity index (χ0n) is 9.71. The van der Waals surface area contributed by atoms with Crippen LogP contribution in [0.3, 0.4) is 0 Å². The van der Waals surface area contributed by atoms with Crippen LogP contribution in [0.1, 0.15) is 37.7 Å². The first-order valence-electron chi connectivity index (χ1n) is 6.11. The van der Waals surface area contributed by atoms with Crippen LogP contribution in [-0.2, 0) is 5.54 Å². The maximum absolute atomic E-state index is 5.37. The minimum atomic E-state index is 0.131. The average Bonchev–Trinajstić information content (AvgIpc) is 2.38. The van der Waals surface area contributed by atoms with E-state index in [1.807, 2.05) is 0 Å². The van der Waals surface area contributed by atoms with Crippen LogP contribution in [0.25, 0.3) is 0 Å². The summed E-state index contributed by atoms with van der Waals surface area (Å²) in [6.07, 6.45) is 11.7. The highest BCUT2D eigenvalue weighted by Crippen LogP contribution is 2.36. The van der Waals surface area contributed by atoms with Gasteiger partial charge in [-0.1, -0.05) is 55.5 Å². The maximum Gasteiger partial charge on any atom is 0.0580 e. The summed E-state index contributed by atoms with van der Waals surface area (Å²) in [6, 6.07) is 10.7. The molecule has 84 valence electrons. The molecule has 0 saturated heterocycles. The highest BCUT2D eigenvalue weighted by atomic mass is 15.0. The van der Waals surface area contributed by atoms with E-state index in [1.54, 1.807) is 0 Å². The summed E-state index contributed by atoms with van der Waals surface area (Å²) >= 11 is 0. The molecule has 1 nitrogen and oxygen atoms in total. The average molecular weight is 213 g/mol. The van der Waals surface area contributed by atoms with Crippen LogP contribution in [0, 0.1) is 12.3 Å². The van der Waals surface area contributed by atoms with Gasteiger partial charge >= 0.3 is 0 Å². The van der Waals surface area contributed by atoms with E-state index in [0.717, 1.165) is 0 Å². The van der Waals surface area contributed by atoms with Crippen molar-refractivity contribution in [2.24, 2.45) is 0 Å². The summed E-state index contributed by atoms with van der Waals surface area (Å²) in [5, 5.41) is 3.56. The number of terminal acetylenes is 1. The van der Waals surface area contributed by atoms with Gasteiger partial charge in [-0.2, -0.15) is 0 Å². The van der Waals surface area contributed by atoms with E-state index in [0.29, 0.717) is 6.54 Å². The quantitative estimate of drug-likeness (QED) is 0.761. The molecule has 16 heavy (non-hydrogen) atoms. The van der Waals surface area contributed by atoms with E-state index in [9.17, 15) is 0 Å². The van der Waals surface area contributed by atoms with Gasteiger partial charge in [-0.05, 0) is 18.4 Å². The minimum absolute atomic E-state index is 0.131. The SMILES string of the molecule is C#CCNC1(c2ccccc2)CCCCC1. The molecule has 1 fully saturated rings. The lowest BCUT2D eigenvalue weighted by atomic mass is 9.76. The zero-order valence-corrected chi connectivity index (χ0v) is 9.71. The first-order chi connectivity index (χ1) is 7.87. The van der Waals surface area contributed by atoms with Crippen LogP contribution in [-0.4, -0.2) is 6.54 Å². The van der Waals surface area contributed by atoms with Gasteiger partial charge in [-0.25, -0.2) is 0 Å². The standard InChI is InChI=1S/C15H19N/c1-2-13-16-15(11-7-4-8-12-15)14-9-5-3-6-10-14/h1,3,5-6,9-10,16H,4,7-8,11-13H2. The third-order valence-electron chi connectivity index (χ3n) is 3.56. The first kappa shape index (κ1) is 11.2. The Hall–Kier alpha value is -1.26. The fraction of sp³-hybridized carbons (Fsp3) is 0.467. The number of benzene rings is 1. The van der Waals surface area contributed by atoms with Crippen molar-refractivity contribution in [3.8, 4) is 12.3 Å². The second-order valence-electron chi connectivity index (χ2n) is 4.57. The Kier molecular flexibility index (Phi) is 3.64. The van der Waals surface area contributed by atoms with Gasteiger partial charge in [-0.3, -0.25) is 5.32 Å². The van der Waals surface area contributed by atoms with Gasteiger partial charge in [0.2, 0.25) is 0 Å². The molecular weight excluding hydrogens is 194 g/mol. The van der Waals surface area contributed by atoms with Gasteiger partial charge in [0, 0.05) is 5.54 Å². The van der Waals surface area contributed by atoms with Gasteiger partial charge in [0.25, 0.3) is 0 Å². The van der Waals surface area contributed by atoms with E-state index < -0.39 is 0 Å². The fourth-order valence-corrected chi connectivity index (χ4v) is 2.70. The van der Waals surface area contributed by atoms with Crippen LogP contribution >= 0.6 is 0 Å². The molecule has 0 bridgehead atoms. The third kappa shape index (κ3) is 2.28. The Balaban J connectivity index is 2.23. The predicted molar refractivity (Wildman–Crippen MR) is 68.0 cm³/mol. The van der Waals surface area contributed by atoms with Crippen molar-refractivity contribution in [2.75, 3.05) is 6.54 Å². The molecular formula is C15H19N. The molecule has 1 aromatic rings. The zero-order chi connectivity index (χ0) is 11.3.